The highest BCUT2D eigenvalue weighted by atomic mass is 32.2. The van der Waals surface area contributed by atoms with E-state index in [1.807, 2.05) is 23.9 Å². The molecule has 0 radical (unpaired) electrons. The summed E-state index contributed by atoms with van der Waals surface area (Å²) in [4.78, 5) is 6.37. The molecule has 0 bridgehead atoms. The summed E-state index contributed by atoms with van der Waals surface area (Å²) in [5, 5.41) is 11.6. The van der Waals surface area contributed by atoms with Gasteiger partial charge in [0.05, 0.1) is 0 Å². The molecule has 106 valence electrons. The van der Waals surface area contributed by atoms with Crippen molar-refractivity contribution in [3.8, 4) is 0 Å². The molecule has 6 heteroatoms. The van der Waals surface area contributed by atoms with Gasteiger partial charge in [-0.1, -0.05) is 5.16 Å². The van der Waals surface area contributed by atoms with Crippen LogP contribution in [0.25, 0.3) is 0 Å². The number of hydrogen-bond acceptors (Lipinski definition) is 5. The van der Waals surface area contributed by atoms with E-state index in [2.05, 4.69) is 35.3 Å². The standard InChI is InChI=1S/C13H22N4OS/c1-10(5-7-19-3)17(2)9-11-4-6-15-12(8-11)13(14)16-18/h4,6,8,10,18H,5,7,9H2,1-3H3,(H2,14,16). The maximum atomic E-state index is 8.66. The predicted octanol–water partition coefficient (Wildman–Crippen LogP) is 1.75. The van der Waals surface area contributed by atoms with Crippen LogP contribution in [0.3, 0.4) is 0 Å². The summed E-state index contributed by atoms with van der Waals surface area (Å²) in [6, 6.07) is 4.33. The minimum Gasteiger partial charge on any atom is -0.409 e. The number of hydrogen-bond donors (Lipinski definition) is 2. The zero-order valence-corrected chi connectivity index (χ0v) is 12.5. The first-order chi connectivity index (χ1) is 9.08. The molecule has 5 nitrogen and oxygen atoms in total. The summed E-state index contributed by atoms with van der Waals surface area (Å²) in [7, 11) is 2.11. The van der Waals surface area contributed by atoms with Crippen molar-refractivity contribution in [3.05, 3.63) is 29.6 Å². The average Bonchev–Trinajstić information content (AvgIpc) is 2.44. The van der Waals surface area contributed by atoms with Crippen LogP contribution in [0, 0.1) is 0 Å². The van der Waals surface area contributed by atoms with Crippen molar-refractivity contribution < 1.29 is 5.21 Å². The highest BCUT2D eigenvalue weighted by Crippen LogP contribution is 2.11. The van der Waals surface area contributed by atoms with Crippen molar-refractivity contribution in [1.29, 1.82) is 0 Å². The lowest BCUT2D eigenvalue weighted by molar-refractivity contribution is 0.245. The maximum absolute atomic E-state index is 8.66. The minimum atomic E-state index is 0.0416. The van der Waals surface area contributed by atoms with E-state index in [1.165, 1.54) is 0 Å². The molecule has 0 fully saturated rings. The summed E-state index contributed by atoms with van der Waals surface area (Å²) in [5.74, 6) is 1.21. The van der Waals surface area contributed by atoms with Crippen LogP contribution in [0.4, 0.5) is 0 Å². The molecule has 0 aliphatic rings. The van der Waals surface area contributed by atoms with E-state index in [0.29, 0.717) is 11.7 Å². The molecule has 1 heterocycles. The normalized spacial score (nSPS) is 13.8. The third-order valence-corrected chi connectivity index (χ3v) is 3.76. The van der Waals surface area contributed by atoms with E-state index in [0.717, 1.165) is 24.3 Å². The number of amidine groups is 1. The van der Waals surface area contributed by atoms with Gasteiger partial charge in [0.15, 0.2) is 5.84 Å². The van der Waals surface area contributed by atoms with E-state index in [1.54, 1.807) is 6.20 Å². The Hall–Kier alpha value is -1.27. The maximum Gasteiger partial charge on any atom is 0.188 e. The number of thioether (sulfide) groups is 1. The van der Waals surface area contributed by atoms with Gasteiger partial charge in [0.25, 0.3) is 0 Å². The molecular weight excluding hydrogens is 260 g/mol. The van der Waals surface area contributed by atoms with Gasteiger partial charge < -0.3 is 10.9 Å². The Morgan fingerprint density at radius 2 is 2.37 bits per heavy atom. The lowest BCUT2D eigenvalue weighted by atomic mass is 10.1. The fourth-order valence-corrected chi connectivity index (χ4v) is 2.29. The third kappa shape index (κ3) is 5.08. The SMILES string of the molecule is CSCCC(C)N(C)Cc1ccnc(/C(N)=N/O)c1. The predicted molar refractivity (Wildman–Crippen MR) is 80.7 cm³/mol. The number of nitrogens with two attached hydrogens (primary N) is 1. The Bertz CT molecular complexity index is 425. The summed E-state index contributed by atoms with van der Waals surface area (Å²) in [5.41, 5.74) is 7.15. The molecule has 0 amide bonds. The monoisotopic (exact) mass is 282 g/mol. The van der Waals surface area contributed by atoms with Crippen molar-refractivity contribution >= 4 is 17.6 Å². The van der Waals surface area contributed by atoms with Crippen LogP contribution < -0.4 is 5.73 Å². The van der Waals surface area contributed by atoms with Crippen LogP contribution in [0.2, 0.25) is 0 Å². The van der Waals surface area contributed by atoms with Crippen LogP contribution in [0.1, 0.15) is 24.6 Å². The molecule has 0 aliphatic carbocycles. The van der Waals surface area contributed by atoms with Gasteiger partial charge in [-0.3, -0.25) is 9.88 Å². The van der Waals surface area contributed by atoms with Crippen molar-refractivity contribution in [3.63, 3.8) is 0 Å². The van der Waals surface area contributed by atoms with Gasteiger partial charge in [0.1, 0.15) is 5.69 Å². The van der Waals surface area contributed by atoms with E-state index in [4.69, 9.17) is 10.9 Å². The number of aromatic nitrogens is 1. The highest BCUT2D eigenvalue weighted by molar-refractivity contribution is 7.98. The average molecular weight is 282 g/mol. The van der Waals surface area contributed by atoms with Crippen LogP contribution in [0.15, 0.2) is 23.5 Å². The first-order valence-electron chi connectivity index (χ1n) is 6.20. The fraction of sp³-hybridized carbons (Fsp3) is 0.538. The number of rotatable bonds is 7. The van der Waals surface area contributed by atoms with Gasteiger partial charge in [-0.25, -0.2) is 0 Å². The van der Waals surface area contributed by atoms with E-state index >= 15 is 0 Å². The molecule has 1 aromatic rings. The fourth-order valence-electron chi connectivity index (χ4n) is 1.72. The van der Waals surface area contributed by atoms with Gasteiger partial charge in [-0.2, -0.15) is 11.8 Å². The molecule has 1 atom stereocenters. The van der Waals surface area contributed by atoms with Crippen LogP contribution >= 0.6 is 11.8 Å². The zero-order chi connectivity index (χ0) is 14.3. The molecular formula is C13H22N4OS. The quantitative estimate of drug-likeness (QED) is 0.345. The second-order valence-electron chi connectivity index (χ2n) is 4.58. The molecule has 1 unspecified atom stereocenters. The molecule has 1 rings (SSSR count). The summed E-state index contributed by atoms with van der Waals surface area (Å²) in [6.07, 6.45) is 4.97. The lowest BCUT2D eigenvalue weighted by Gasteiger charge is -2.24. The van der Waals surface area contributed by atoms with Gasteiger partial charge in [0, 0.05) is 18.8 Å². The Balaban J connectivity index is 2.66. The third-order valence-electron chi connectivity index (χ3n) is 3.12. The van der Waals surface area contributed by atoms with Crippen molar-refractivity contribution in [2.75, 3.05) is 19.1 Å². The summed E-state index contributed by atoms with van der Waals surface area (Å²) < 4.78 is 0. The Labute approximate surface area is 118 Å². The van der Waals surface area contributed by atoms with E-state index in [-0.39, 0.29) is 5.84 Å². The van der Waals surface area contributed by atoms with E-state index < -0.39 is 0 Å². The topological polar surface area (TPSA) is 74.7 Å². The van der Waals surface area contributed by atoms with Crippen LogP contribution in [-0.4, -0.2) is 46.0 Å². The molecule has 0 spiro atoms. The van der Waals surface area contributed by atoms with Crippen molar-refractivity contribution in [1.82, 2.24) is 9.88 Å². The second-order valence-corrected chi connectivity index (χ2v) is 5.57. The number of pyridine rings is 1. The Kier molecular flexibility index (Phi) is 6.66. The van der Waals surface area contributed by atoms with E-state index in [9.17, 15) is 0 Å². The zero-order valence-electron chi connectivity index (χ0n) is 11.7. The lowest BCUT2D eigenvalue weighted by Crippen LogP contribution is -2.29. The van der Waals surface area contributed by atoms with Gasteiger partial charge in [-0.05, 0) is 50.1 Å². The Morgan fingerprint density at radius 1 is 1.63 bits per heavy atom. The van der Waals surface area contributed by atoms with Gasteiger partial charge in [0.2, 0.25) is 0 Å². The minimum absolute atomic E-state index is 0.0416. The molecule has 0 saturated carbocycles. The van der Waals surface area contributed by atoms with Gasteiger partial charge in [-0.15, -0.1) is 0 Å². The molecule has 1 aromatic heterocycles. The first kappa shape index (κ1) is 15.8. The first-order valence-corrected chi connectivity index (χ1v) is 7.60. The molecule has 0 aliphatic heterocycles. The highest BCUT2D eigenvalue weighted by Gasteiger charge is 2.10. The van der Waals surface area contributed by atoms with Crippen molar-refractivity contribution in [2.24, 2.45) is 10.9 Å². The van der Waals surface area contributed by atoms with Gasteiger partial charge >= 0.3 is 0 Å². The Morgan fingerprint density at radius 3 is 3.00 bits per heavy atom. The van der Waals surface area contributed by atoms with Crippen LogP contribution in [0.5, 0.6) is 0 Å². The molecule has 0 saturated heterocycles. The number of oxime groups is 1. The second kappa shape index (κ2) is 8.01. The molecule has 0 aromatic carbocycles. The van der Waals surface area contributed by atoms with Crippen molar-refractivity contribution in [2.45, 2.75) is 25.9 Å². The smallest absolute Gasteiger partial charge is 0.188 e. The number of nitrogens with zero attached hydrogens (tertiary/aromatic N) is 3. The molecule has 3 N–H and O–H groups in total. The largest absolute Gasteiger partial charge is 0.409 e. The summed E-state index contributed by atoms with van der Waals surface area (Å²) in [6.45, 7) is 3.05. The van der Waals surface area contributed by atoms with Crippen LogP contribution in [-0.2, 0) is 6.54 Å². The molecule has 19 heavy (non-hydrogen) atoms. The summed E-state index contributed by atoms with van der Waals surface area (Å²) >= 11 is 1.87.